The number of hydrogen-bond donors (Lipinski definition) is 2. The lowest BCUT2D eigenvalue weighted by Crippen LogP contribution is -2.27. The molecule has 0 aliphatic carbocycles. The Hall–Kier alpha value is -3.37. The third kappa shape index (κ3) is 8.03. The normalized spacial score (nSPS) is 11.5. The highest BCUT2D eigenvalue weighted by Gasteiger charge is 2.05. The van der Waals surface area contributed by atoms with Crippen LogP contribution in [0.4, 0.5) is 5.82 Å². The molecule has 0 saturated carbocycles. The Balaban J connectivity index is 0.000000144. The smallest absolute Gasteiger partial charge is 0.155 e. The molecular weight excluding hydrogens is 394 g/mol. The quantitative estimate of drug-likeness (QED) is 0.350. The highest BCUT2D eigenvalue weighted by atomic mass is 35.5. The first-order chi connectivity index (χ1) is 14.2. The molecule has 5 heterocycles. The molecule has 1 aliphatic rings. The molecular formula is C18H22ClN9O. The van der Waals surface area contributed by atoms with Crippen LogP contribution in [0.2, 0.25) is 0 Å². The Bertz CT molecular complexity index is 907. The van der Waals surface area contributed by atoms with Crippen molar-refractivity contribution in [3.05, 3.63) is 67.8 Å². The Labute approximate surface area is 172 Å². The van der Waals surface area contributed by atoms with Gasteiger partial charge < -0.3 is 24.8 Å². The maximum absolute atomic E-state index is 9.04. The summed E-state index contributed by atoms with van der Waals surface area (Å²) in [6.45, 7) is 3.06. The monoisotopic (exact) mass is 415 g/mol. The fraction of sp³-hybridized carbons (Fsp3) is 0.222. The van der Waals surface area contributed by atoms with E-state index in [1.807, 2.05) is 29.2 Å². The van der Waals surface area contributed by atoms with Crippen molar-refractivity contribution in [1.29, 1.82) is 0 Å². The van der Waals surface area contributed by atoms with Crippen LogP contribution in [0.1, 0.15) is 5.82 Å². The molecule has 10 nitrogen and oxygen atoms in total. The van der Waals surface area contributed by atoms with Crippen molar-refractivity contribution >= 4 is 29.4 Å². The van der Waals surface area contributed by atoms with Crippen molar-refractivity contribution in [1.82, 2.24) is 39.2 Å². The first-order valence-electron chi connectivity index (χ1n) is 8.69. The van der Waals surface area contributed by atoms with Crippen LogP contribution in [0.5, 0.6) is 0 Å². The van der Waals surface area contributed by atoms with E-state index in [4.69, 9.17) is 22.1 Å². The summed E-state index contributed by atoms with van der Waals surface area (Å²) in [7, 11) is 0. The molecule has 11 heteroatoms. The number of anilines is 1. The topological polar surface area (TPSA) is 129 Å². The van der Waals surface area contributed by atoms with E-state index in [0.717, 1.165) is 31.1 Å². The number of carbonyl (C=O) groups excluding carboxylic acids is 1. The average Bonchev–Trinajstić information content (AvgIpc) is 3.44. The van der Waals surface area contributed by atoms with Gasteiger partial charge in [0.2, 0.25) is 0 Å². The van der Waals surface area contributed by atoms with Crippen LogP contribution in [0.25, 0.3) is 5.65 Å². The summed E-state index contributed by atoms with van der Waals surface area (Å²) in [5.41, 5.74) is 6.07. The molecule has 0 unspecified atom stereocenters. The van der Waals surface area contributed by atoms with Gasteiger partial charge in [-0.1, -0.05) is 0 Å². The molecule has 0 bridgehead atoms. The second kappa shape index (κ2) is 12.9. The van der Waals surface area contributed by atoms with E-state index in [9.17, 15) is 0 Å². The first-order valence-corrected chi connectivity index (χ1v) is 9.22. The van der Waals surface area contributed by atoms with E-state index in [1.165, 1.54) is 6.20 Å². The molecule has 1 aliphatic heterocycles. The average molecular weight is 416 g/mol. The summed E-state index contributed by atoms with van der Waals surface area (Å²) >= 11 is 4.82. The van der Waals surface area contributed by atoms with E-state index in [1.54, 1.807) is 31.0 Å². The Morgan fingerprint density at radius 3 is 2.41 bits per heavy atom. The second-order valence-electron chi connectivity index (χ2n) is 5.43. The molecule has 3 N–H and O–H groups in total. The van der Waals surface area contributed by atoms with Crippen LogP contribution >= 0.6 is 11.6 Å². The Kier molecular flexibility index (Phi) is 9.77. The van der Waals surface area contributed by atoms with E-state index in [-0.39, 0.29) is 5.88 Å². The molecule has 0 fully saturated rings. The van der Waals surface area contributed by atoms with Gasteiger partial charge in [0.05, 0.1) is 24.8 Å². The van der Waals surface area contributed by atoms with E-state index in [2.05, 4.69) is 34.8 Å². The number of carbonyl (C=O) groups is 1. The maximum atomic E-state index is 9.04. The number of nitrogen functional groups attached to an aromatic ring is 1. The fourth-order valence-corrected chi connectivity index (χ4v) is 2.19. The number of nitrogens with zero attached hydrogens (tertiary/aromatic N) is 7. The highest BCUT2D eigenvalue weighted by Crippen LogP contribution is 2.00. The fourth-order valence-electron chi connectivity index (χ4n) is 2.19. The van der Waals surface area contributed by atoms with Gasteiger partial charge in [-0.15, -0.1) is 11.6 Å². The van der Waals surface area contributed by atoms with Gasteiger partial charge in [0.15, 0.2) is 5.65 Å². The first kappa shape index (κ1) is 21.9. The molecule has 0 spiro atoms. The summed E-state index contributed by atoms with van der Waals surface area (Å²) in [4.78, 5) is 28.5. The van der Waals surface area contributed by atoms with Crippen LogP contribution in [-0.2, 0) is 17.9 Å². The zero-order valence-corrected chi connectivity index (χ0v) is 16.4. The minimum Gasteiger partial charge on any atom is -0.382 e. The van der Waals surface area contributed by atoms with Crippen LogP contribution in [0, 0.1) is 0 Å². The molecule has 4 aromatic rings. The van der Waals surface area contributed by atoms with Gasteiger partial charge in [0.25, 0.3) is 0 Å². The van der Waals surface area contributed by atoms with Crippen molar-refractivity contribution in [2.45, 2.75) is 13.1 Å². The number of fused-ring (bicyclic) bond motifs is 2. The van der Waals surface area contributed by atoms with Crippen molar-refractivity contribution in [3.63, 3.8) is 0 Å². The Morgan fingerprint density at radius 2 is 1.79 bits per heavy atom. The van der Waals surface area contributed by atoms with E-state index >= 15 is 0 Å². The largest absolute Gasteiger partial charge is 0.382 e. The minimum absolute atomic E-state index is 0.111. The number of imidazole rings is 2. The number of nitrogens with two attached hydrogens (primary N) is 1. The van der Waals surface area contributed by atoms with Gasteiger partial charge in [-0.05, 0) is 0 Å². The second-order valence-corrected chi connectivity index (χ2v) is 5.74. The molecule has 0 amide bonds. The zero-order valence-electron chi connectivity index (χ0n) is 15.7. The summed E-state index contributed by atoms with van der Waals surface area (Å²) in [6, 6.07) is 0. The molecule has 0 radical (unpaired) electrons. The van der Waals surface area contributed by atoms with Crippen molar-refractivity contribution in [2.24, 2.45) is 0 Å². The lowest BCUT2D eigenvalue weighted by Gasteiger charge is -2.13. The third-order valence-electron chi connectivity index (χ3n) is 3.46. The number of rotatable bonds is 1. The third-order valence-corrected chi connectivity index (χ3v) is 3.59. The summed E-state index contributed by atoms with van der Waals surface area (Å²) in [5, 5.41) is 3.24. The SMILES string of the molecule is Nc1cnccn1.O=CCCl.c1cn2c(n1)CNCC2.c1cn2ccnc2cn1. The predicted octanol–water partition coefficient (Wildman–Crippen LogP) is 1.20. The van der Waals surface area contributed by atoms with Crippen LogP contribution < -0.4 is 11.1 Å². The van der Waals surface area contributed by atoms with Gasteiger partial charge in [-0.2, -0.15) is 0 Å². The van der Waals surface area contributed by atoms with E-state index < -0.39 is 0 Å². The van der Waals surface area contributed by atoms with Gasteiger partial charge in [-0.25, -0.2) is 15.0 Å². The number of aldehydes is 1. The highest BCUT2D eigenvalue weighted by molar-refractivity contribution is 6.24. The zero-order chi connectivity index (χ0) is 20.7. The van der Waals surface area contributed by atoms with Crippen LogP contribution in [0.15, 0.2) is 62.0 Å². The van der Waals surface area contributed by atoms with Gasteiger partial charge >= 0.3 is 0 Å². The molecule has 5 rings (SSSR count). The van der Waals surface area contributed by atoms with Gasteiger partial charge in [0.1, 0.15) is 17.9 Å². The molecule has 4 aromatic heterocycles. The number of halogens is 1. The van der Waals surface area contributed by atoms with Gasteiger partial charge in [-0.3, -0.25) is 9.97 Å². The van der Waals surface area contributed by atoms with Crippen LogP contribution in [-0.4, -0.2) is 52.6 Å². The number of nitrogens with one attached hydrogen (secondary N) is 1. The summed E-state index contributed by atoms with van der Waals surface area (Å²) in [6.07, 6.45) is 18.1. The minimum atomic E-state index is 0.111. The molecule has 0 atom stereocenters. The maximum Gasteiger partial charge on any atom is 0.155 e. The lowest BCUT2D eigenvalue weighted by molar-refractivity contribution is -0.105. The summed E-state index contributed by atoms with van der Waals surface area (Å²) < 4.78 is 4.09. The molecule has 0 aromatic carbocycles. The molecule has 0 saturated heterocycles. The molecule has 29 heavy (non-hydrogen) atoms. The van der Waals surface area contributed by atoms with Crippen LogP contribution in [0.3, 0.4) is 0 Å². The number of hydrogen-bond acceptors (Lipinski definition) is 8. The Morgan fingerprint density at radius 1 is 1.03 bits per heavy atom. The standard InChI is InChI=1S/C6H9N3.C6H5N3.C4H5N3.C2H3ClO/c2*1-3-9-4-2-8-6(9)5-7-1;5-4-3-6-1-2-7-4;3-1-2-4/h2,4,7H,1,3,5H2;1-5H;1-3H,(H2,5,7);2H,1H2. The van der Waals surface area contributed by atoms with E-state index in [0.29, 0.717) is 12.1 Å². The predicted molar refractivity (Wildman–Crippen MR) is 110 cm³/mol. The van der Waals surface area contributed by atoms with Crippen molar-refractivity contribution < 1.29 is 4.79 Å². The number of aromatic nitrogens is 7. The lowest BCUT2D eigenvalue weighted by atomic mass is 10.4. The van der Waals surface area contributed by atoms with Gasteiger partial charge in [0, 0.05) is 62.7 Å². The molecule has 152 valence electrons. The van der Waals surface area contributed by atoms with Crippen molar-refractivity contribution in [2.75, 3.05) is 18.2 Å². The summed E-state index contributed by atoms with van der Waals surface area (Å²) in [5.74, 6) is 1.73. The number of alkyl halides is 1. The van der Waals surface area contributed by atoms with Crippen molar-refractivity contribution in [3.8, 4) is 0 Å².